The van der Waals surface area contributed by atoms with Gasteiger partial charge in [0.05, 0.1) is 18.1 Å². The number of hydrogen-bond donors (Lipinski definition) is 2. The van der Waals surface area contributed by atoms with Gasteiger partial charge < -0.3 is 20.3 Å². The van der Waals surface area contributed by atoms with E-state index in [4.69, 9.17) is 4.74 Å². The van der Waals surface area contributed by atoms with E-state index in [0.29, 0.717) is 19.3 Å². The van der Waals surface area contributed by atoms with Crippen molar-refractivity contribution in [1.29, 1.82) is 0 Å². The molecule has 2 fully saturated rings. The number of nitrogens with one attached hydrogen (secondary N) is 2. The number of amides is 1. The largest absolute Gasteiger partial charge is 0.376 e. The number of guanidine groups is 1. The summed E-state index contributed by atoms with van der Waals surface area (Å²) in [6.45, 7) is 2.09. The monoisotopic (exact) mass is 494 g/mol. The minimum atomic E-state index is -0.280. The van der Waals surface area contributed by atoms with Gasteiger partial charge in [0.25, 0.3) is 0 Å². The van der Waals surface area contributed by atoms with Gasteiger partial charge in [0.15, 0.2) is 5.96 Å². The summed E-state index contributed by atoms with van der Waals surface area (Å²) >= 11 is 0. The molecule has 7 heteroatoms. The van der Waals surface area contributed by atoms with Gasteiger partial charge in [-0.05, 0) is 25.7 Å². The van der Waals surface area contributed by atoms with Crippen LogP contribution in [0.15, 0.2) is 4.99 Å². The van der Waals surface area contributed by atoms with Crippen LogP contribution in [0.2, 0.25) is 0 Å². The fourth-order valence-electron chi connectivity index (χ4n) is 4.27. The number of hydrogen-bond acceptors (Lipinski definition) is 3. The summed E-state index contributed by atoms with van der Waals surface area (Å²) in [6, 6.07) is 0. The van der Waals surface area contributed by atoms with Crippen LogP contribution in [-0.2, 0) is 9.53 Å². The first-order valence-corrected chi connectivity index (χ1v) is 10.4. The quantitative estimate of drug-likeness (QED) is 0.188. The fourth-order valence-corrected chi connectivity index (χ4v) is 4.27. The molecule has 0 saturated heterocycles. The molecule has 2 saturated carbocycles. The summed E-state index contributed by atoms with van der Waals surface area (Å²) in [6.07, 6.45) is 12.3. The third-order valence-electron chi connectivity index (χ3n) is 5.79. The van der Waals surface area contributed by atoms with E-state index < -0.39 is 0 Å². The second-order valence-corrected chi connectivity index (χ2v) is 8.02. The maximum absolute atomic E-state index is 12.6. The van der Waals surface area contributed by atoms with E-state index in [1.165, 1.54) is 38.5 Å². The van der Waals surface area contributed by atoms with Crippen LogP contribution in [0.5, 0.6) is 0 Å². The number of aliphatic imine (C=N–C) groups is 1. The van der Waals surface area contributed by atoms with Gasteiger partial charge in [-0.3, -0.25) is 9.79 Å². The summed E-state index contributed by atoms with van der Waals surface area (Å²) in [5.41, 5.74) is -0.280. The highest BCUT2D eigenvalue weighted by Gasteiger charge is 2.42. The second kappa shape index (κ2) is 12.8. The van der Waals surface area contributed by atoms with Crippen molar-refractivity contribution in [3.05, 3.63) is 0 Å². The Morgan fingerprint density at radius 1 is 1.07 bits per heavy atom. The predicted octanol–water partition coefficient (Wildman–Crippen LogP) is 3.16. The van der Waals surface area contributed by atoms with Crippen LogP contribution in [0.4, 0.5) is 0 Å². The third-order valence-corrected chi connectivity index (χ3v) is 5.79. The first-order valence-electron chi connectivity index (χ1n) is 10.4. The first kappa shape index (κ1) is 24.5. The van der Waals surface area contributed by atoms with Crippen molar-refractivity contribution in [2.45, 2.75) is 70.3 Å². The van der Waals surface area contributed by atoms with E-state index in [1.807, 2.05) is 14.1 Å². The lowest BCUT2D eigenvalue weighted by atomic mass is 9.84. The maximum atomic E-state index is 12.6. The molecule has 0 aliphatic heterocycles. The summed E-state index contributed by atoms with van der Waals surface area (Å²) < 4.78 is 6.02. The van der Waals surface area contributed by atoms with E-state index >= 15 is 0 Å². The van der Waals surface area contributed by atoms with Gasteiger partial charge in [-0.2, -0.15) is 0 Å². The predicted molar refractivity (Wildman–Crippen MR) is 122 cm³/mol. The van der Waals surface area contributed by atoms with Gasteiger partial charge in [0.2, 0.25) is 5.91 Å². The van der Waals surface area contributed by atoms with Crippen molar-refractivity contribution in [3.63, 3.8) is 0 Å². The molecule has 0 aromatic carbocycles. The zero-order chi connectivity index (χ0) is 18.8. The zero-order valence-corrected chi connectivity index (χ0v) is 19.7. The Morgan fingerprint density at radius 2 is 1.70 bits per heavy atom. The van der Waals surface area contributed by atoms with Gasteiger partial charge >= 0.3 is 0 Å². The minimum absolute atomic E-state index is 0. The van der Waals surface area contributed by atoms with Crippen LogP contribution in [-0.4, -0.2) is 63.7 Å². The van der Waals surface area contributed by atoms with E-state index in [2.05, 4.69) is 15.6 Å². The smallest absolute Gasteiger partial charge is 0.230 e. The normalized spacial score (nSPS) is 20.5. The van der Waals surface area contributed by atoms with Crippen LogP contribution in [0.25, 0.3) is 0 Å². The van der Waals surface area contributed by atoms with E-state index in [0.717, 1.165) is 38.2 Å². The Bertz CT molecular complexity index is 457. The zero-order valence-electron chi connectivity index (χ0n) is 17.4. The lowest BCUT2D eigenvalue weighted by molar-refractivity contribution is -0.138. The number of ether oxygens (including phenoxy) is 1. The Labute approximate surface area is 182 Å². The van der Waals surface area contributed by atoms with Crippen molar-refractivity contribution in [2.24, 2.45) is 10.4 Å². The van der Waals surface area contributed by atoms with Gasteiger partial charge in [0, 0.05) is 34.2 Å². The molecule has 0 aromatic rings. The third kappa shape index (κ3) is 7.75. The van der Waals surface area contributed by atoms with Crippen LogP contribution < -0.4 is 10.6 Å². The van der Waals surface area contributed by atoms with Crippen molar-refractivity contribution < 1.29 is 9.53 Å². The molecule has 6 nitrogen and oxygen atoms in total. The van der Waals surface area contributed by atoms with Crippen LogP contribution >= 0.6 is 24.0 Å². The number of nitrogens with zero attached hydrogens (tertiary/aromatic N) is 2. The van der Waals surface area contributed by atoms with E-state index in [9.17, 15) is 4.79 Å². The molecule has 0 unspecified atom stereocenters. The van der Waals surface area contributed by atoms with Crippen molar-refractivity contribution in [1.82, 2.24) is 15.5 Å². The SMILES string of the molecule is CN=C(NCCOC1CCCCCC1)NCC1(C(=O)N(C)C)CCCC1.I. The standard InChI is InChI=1S/C20H38N4O2.HI/c1-21-19(22-14-15-26-17-10-6-4-5-7-11-17)23-16-20(12-8-9-13-20)18(25)24(2)3;/h17H,4-16H2,1-3H3,(H2,21,22,23);1H. The second-order valence-electron chi connectivity index (χ2n) is 8.02. The molecule has 0 radical (unpaired) electrons. The highest BCUT2D eigenvalue weighted by atomic mass is 127. The Morgan fingerprint density at radius 3 is 2.26 bits per heavy atom. The number of carbonyl (C=O) groups is 1. The number of halogens is 1. The molecule has 0 spiro atoms. The van der Waals surface area contributed by atoms with Crippen LogP contribution in [0, 0.1) is 5.41 Å². The number of carbonyl (C=O) groups excluding carboxylic acids is 1. The topological polar surface area (TPSA) is 66.0 Å². The fraction of sp³-hybridized carbons (Fsp3) is 0.900. The summed E-state index contributed by atoms with van der Waals surface area (Å²) in [5.74, 6) is 0.988. The van der Waals surface area contributed by atoms with Crippen LogP contribution in [0.1, 0.15) is 64.2 Å². The first-order chi connectivity index (χ1) is 12.6. The number of rotatable bonds is 7. The molecule has 2 aliphatic rings. The average molecular weight is 494 g/mol. The van der Waals surface area contributed by atoms with Crippen molar-refractivity contribution >= 4 is 35.8 Å². The van der Waals surface area contributed by atoms with Gasteiger partial charge in [-0.1, -0.05) is 38.5 Å². The molecule has 0 atom stereocenters. The average Bonchev–Trinajstić information content (AvgIpc) is 2.97. The molecule has 158 valence electrons. The molecule has 2 N–H and O–H groups in total. The van der Waals surface area contributed by atoms with Crippen LogP contribution in [0.3, 0.4) is 0 Å². The maximum Gasteiger partial charge on any atom is 0.230 e. The molecule has 2 rings (SSSR count). The van der Waals surface area contributed by atoms with E-state index in [1.54, 1.807) is 11.9 Å². The Hall–Kier alpha value is -0.570. The van der Waals surface area contributed by atoms with E-state index in [-0.39, 0.29) is 35.3 Å². The highest BCUT2D eigenvalue weighted by Crippen LogP contribution is 2.38. The minimum Gasteiger partial charge on any atom is -0.376 e. The molecule has 2 aliphatic carbocycles. The van der Waals surface area contributed by atoms with Gasteiger partial charge in [-0.15, -0.1) is 24.0 Å². The molecular formula is C20H39IN4O2. The summed E-state index contributed by atoms with van der Waals surface area (Å²) in [5, 5.41) is 6.70. The van der Waals surface area contributed by atoms with Gasteiger partial charge in [-0.25, -0.2) is 0 Å². The summed E-state index contributed by atoms with van der Waals surface area (Å²) in [4.78, 5) is 18.7. The molecular weight excluding hydrogens is 455 g/mol. The molecule has 1 amide bonds. The summed E-state index contributed by atoms with van der Waals surface area (Å²) in [7, 11) is 5.47. The Kier molecular flexibility index (Phi) is 11.6. The highest BCUT2D eigenvalue weighted by molar-refractivity contribution is 14.0. The van der Waals surface area contributed by atoms with Crippen molar-refractivity contribution in [2.75, 3.05) is 40.8 Å². The molecule has 27 heavy (non-hydrogen) atoms. The molecule has 0 heterocycles. The molecule has 0 aromatic heterocycles. The van der Waals surface area contributed by atoms with Gasteiger partial charge in [0.1, 0.15) is 0 Å². The molecule has 0 bridgehead atoms. The lowest BCUT2D eigenvalue weighted by Gasteiger charge is -2.31. The lowest BCUT2D eigenvalue weighted by Crippen LogP contribution is -2.49. The van der Waals surface area contributed by atoms with Crippen molar-refractivity contribution in [3.8, 4) is 0 Å². The Balaban J connectivity index is 0.00000364.